The van der Waals surface area contributed by atoms with Gasteiger partial charge in [-0.15, -0.1) is 0 Å². The second kappa shape index (κ2) is 5.71. The summed E-state index contributed by atoms with van der Waals surface area (Å²) in [6.45, 7) is 0. The van der Waals surface area contributed by atoms with Gasteiger partial charge >= 0.3 is 0 Å². The minimum absolute atomic E-state index is 0.691. The number of nitrogens with zero attached hydrogens (tertiary/aromatic N) is 2. The molecule has 2 heteroatoms. The van der Waals surface area contributed by atoms with Crippen molar-refractivity contribution >= 4 is 5.57 Å². The Morgan fingerprint density at radius 2 is 1.90 bits per heavy atom. The Morgan fingerprint density at radius 3 is 2.60 bits per heavy atom. The molecular formula is C18H16N2. The first-order valence-corrected chi connectivity index (χ1v) is 7.03. The molecule has 1 aromatic heterocycles. The largest absolute Gasteiger partial charge is 0.256 e. The summed E-state index contributed by atoms with van der Waals surface area (Å²) in [5.41, 5.74) is 5.42. The molecule has 0 aliphatic heterocycles. The minimum Gasteiger partial charge on any atom is -0.256 e. The van der Waals surface area contributed by atoms with Crippen LogP contribution in [0.2, 0.25) is 0 Å². The Bertz CT molecular complexity index is 675. The molecule has 3 rings (SSSR count). The van der Waals surface area contributed by atoms with Crippen LogP contribution in [0.5, 0.6) is 0 Å². The van der Waals surface area contributed by atoms with Crippen molar-refractivity contribution in [1.29, 1.82) is 5.26 Å². The number of benzene rings is 1. The van der Waals surface area contributed by atoms with Crippen molar-refractivity contribution in [2.45, 2.75) is 25.7 Å². The van der Waals surface area contributed by atoms with Gasteiger partial charge in [-0.25, -0.2) is 0 Å². The molecule has 0 amide bonds. The van der Waals surface area contributed by atoms with Gasteiger partial charge in [0.15, 0.2) is 0 Å². The molecule has 0 unspecified atom stereocenters. The average molecular weight is 260 g/mol. The van der Waals surface area contributed by atoms with Gasteiger partial charge in [0.25, 0.3) is 0 Å². The lowest BCUT2D eigenvalue weighted by Crippen LogP contribution is -1.97. The summed E-state index contributed by atoms with van der Waals surface area (Å²) in [6, 6.07) is 14.0. The number of aromatic nitrogens is 1. The average Bonchev–Trinajstić information content (AvgIpc) is 2.56. The summed E-state index contributed by atoms with van der Waals surface area (Å²) in [7, 11) is 0. The molecule has 1 aliphatic carbocycles. The zero-order chi connectivity index (χ0) is 13.8. The van der Waals surface area contributed by atoms with E-state index in [-0.39, 0.29) is 0 Å². The Kier molecular flexibility index (Phi) is 3.60. The molecule has 0 atom stereocenters. The second-order valence-electron chi connectivity index (χ2n) is 5.06. The maximum atomic E-state index is 8.89. The zero-order valence-electron chi connectivity index (χ0n) is 11.3. The molecule has 0 radical (unpaired) electrons. The van der Waals surface area contributed by atoms with E-state index in [9.17, 15) is 0 Å². The highest BCUT2D eigenvalue weighted by molar-refractivity contribution is 5.79. The molecule has 0 fully saturated rings. The summed E-state index contributed by atoms with van der Waals surface area (Å²) in [6.07, 6.45) is 8.97. The fourth-order valence-corrected chi connectivity index (χ4v) is 2.67. The zero-order valence-corrected chi connectivity index (χ0v) is 11.3. The monoisotopic (exact) mass is 260 g/mol. The van der Waals surface area contributed by atoms with Gasteiger partial charge in [0.05, 0.1) is 17.3 Å². The molecule has 0 bridgehead atoms. The van der Waals surface area contributed by atoms with Gasteiger partial charge in [0.1, 0.15) is 0 Å². The predicted molar refractivity (Wildman–Crippen MR) is 80.8 cm³/mol. The van der Waals surface area contributed by atoms with Crippen molar-refractivity contribution in [1.82, 2.24) is 4.98 Å². The fraction of sp³-hybridized carbons (Fsp3) is 0.222. The molecule has 2 aromatic rings. The smallest absolute Gasteiger partial charge is 0.0991 e. The van der Waals surface area contributed by atoms with Crippen LogP contribution in [-0.4, -0.2) is 4.98 Å². The second-order valence-corrected chi connectivity index (χ2v) is 5.06. The summed E-state index contributed by atoms with van der Waals surface area (Å²) in [5, 5.41) is 8.89. The van der Waals surface area contributed by atoms with Gasteiger partial charge in [0.2, 0.25) is 0 Å². The Balaban J connectivity index is 2.05. The van der Waals surface area contributed by atoms with E-state index in [2.05, 4.69) is 23.2 Å². The normalized spacial score (nSPS) is 14.4. The number of hydrogen-bond acceptors (Lipinski definition) is 2. The van der Waals surface area contributed by atoms with Crippen LogP contribution in [0.4, 0.5) is 0 Å². The predicted octanol–water partition coefficient (Wildman–Crippen LogP) is 4.58. The van der Waals surface area contributed by atoms with E-state index in [1.54, 1.807) is 0 Å². The molecule has 1 aliphatic rings. The van der Waals surface area contributed by atoms with Crippen molar-refractivity contribution in [3.8, 4) is 17.2 Å². The minimum atomic E-state index is 0.691. The van der Waals surface area contributed by atoms with E-state index >= 15 is 0 Å². The lowest BCUT2D eigenvalue weighted by Gasteiger charge is -2.15. The first-order chi connectivity index (χ1) is 9.88. The van der Waals surface area contributed by atoms with E-state index in [4.69, 9.17) is 5.26 Å². The van der Waals surface area contributed by atoms with Gasteiger partial charge in [-0.2, -0.15) is 5.26 Å². The third-order valence-corrected chi connectivity index (χ3v) is 3.73. The summed E-state index contributed by atoms with van der Waals surface area (Å²) < 4.78 is 0. The van der Waals surface area contributed by atoms with Crippen molar-refractivity contribution in [3.05, 3.63) is 59.9 Å². The van der Waals surface area contributed by atoms with Crippen LogP contribution in [0.15, 0.2) is 48.7 Å². The highest BCUT2D eigenvalue weighted by Crippen LogP contribution is 2.32. The third kappa shape index (κ3) is 2.48. The van der Waals surface area contributed by atoms with Crippen LogP contribution in [0.25, 0.3) is 16.7 Å². The Labute approximate surface area is 119 Å². The molecule has 0 saturated heterocycles. The van der Waals surface area contributed by atoms with Crippen molar-refractivity contribution in [2.24, 2.45) is 0 Å². The van der Waals surface area contributed by atoms with Gasteiger partial charge in [0, 0.05) is 11.8 Å². The molecule has 98 valence electrons. The number of nitriles is 1. The van der Waals surface area contributed by atoms with Crippen LogP contribution >= 0.6 is 0 Å². The lowest BCUT2D eigenvalue weighted by molar-refractivity contribution is 0.740. The summed E-state index contributed by atoms with van der Waals surface area (Å²) >= 11 is 0. The van der Waals surface area contributed by atoms with Gasteiger partial charge in [-0.05, 0) is 55.0 Å². The highest BCUT2D eigenvalue weighted by atomic mass is 14.7. The summed E-state index contributed by atoms with van der Waals surface area (Å²) in [4.78, 5) is 4.59. The number of hydrogen-bond donors (Lipinski definition) is 0. The van der Waals surface area contributed by atoms with Gasteiger partial charge in [-0.1, -0.05) is 24.3 Å². The molecular weight excluding hydrogens is 244 g/mol. The number of allylic oxidation sites excluding steroid dienone is 2. The van der Waals surface area contributed by atoms with Crippen molar-refractivity contribution < 1.29 is 0 Å². The first kappa shape index (κ1) is 12.6. The molecule has 0 spiro atoms. The van der Waals surface area contributed by atoms with E-state index < -0.39 is 0 Å². The maximum absolute atomic E-state index is 8.89. The van der Waals surface area contributed by atoms with Crippen LogP contribution in [-0.2, 0) is 0 Å². The maximum Gasteiger partial charge on any atom is 0.0991 e. The number of rotatable bonds is 2. The molecule has 1 aromatic carbocycles. The standard InChI is InChI=1S/C18H16N2/c19-13-14-8-10-15(11-9-14)17-7-4-12-20-18(17)16-5-2-1-3-6-16/h4-5,7-12H,1-3,6H2. The van der Waals surface area contributed by atoms with Gasteiger partial charge in [-0.3, -0.25) is 4.98 Å². The molecule has 2 nitrogen and oxygen atoms in total. The van der Waals surface area contributed by atoms with Crippen LogP contribution in [0, 0.1) is 11.3 Å². The van der Waals surface area contributed by atoms with Crippen LogP contribution in [0.1, 0.15) is 36.9 Å². The third-order valence-electron chi connectivity index (χ3n) is 3.73. The lowest BCUT2D eigenvalue weighted by atomic mass is 9.92. The van der Waals surface area contributed by atoms with E-state index in [0.717, 1.165) is 29.7 Å². The molecule has 1 heterocycles. The van der Waals surface area contributed by atoms with Gasteiger partial charge < -0.3 is 0 Å². The SMILES string of the molecule is N#Cc1ccc(-c2cccnc2C2=CCCCC2)cc1. The van der Waals surface area contributed by atoms with Crippen molar-refractivity contribution in [2.75, 3.05) is 0 Å². The summed E-state index contributed by atoms with van der Waals surface area (Å²) in [5.74, 6) is 0. The quantitative estimate of drug-likeness (QED) is 0.792. The Morgan fingerprint density at radius 1 is 1.05 bits per heavy atom. The van der Waals surface area contributed by atoms with Crippen LogP contribution in [0.3, 0.4) is 0 Å². The first-order valence-electron chi connectivity index (χ1n) is 7.03. The molecule has 0 N–H and O–H groups in total. The van der Waals surface area contributed by atoms with Crippen LogP contribution < -0.4 is 0 Å². The Hall–Kier alpha value is -2.40. The molecule has 20 heavy (non-hydrogen) atoms. The van der Waals surface area contributed by atoms with E-state index in [1.165, 1.54) is 18.4 Å². The molecule has 0 saturated carbocycles. The highest BCUT2D eigenvalue weighted by Gasteiger charge is 2.12. The fourth-order valence-electron chi connectivity index (χ4n) is 2.67. The van der Waals surface area contributed by atoms with Crippen molar-refractivity contribution in [3.63, 3.8) is 0 Å². The van der Waals surface area contributed by atoms with E-state index in [1.807, 2.05) is 36.5 Å². The number of pyridine rings is 1. The van der Waals surface area contributed by atoms with E-state index in [0.29, 0.717) is 5.56 Å². The topological polar surface area (TPSA) is 36.7 Å².